The molecule has 6 nitrogen and oxygen atoms in total. The average molecular weight is 376 g/mol. The lowest BCUT2D eigenvalue weighted by Crippen LogP contribution is -2.66. The van der Waals surface area contributed by atoms with Gasteiger partial charge in [-0.1, -0.05) is 18.5 Å². The van der Waals surface area contributed by atoms with Crippen LogP contribution in [0.25, 0.3) is 0 Å². The van der Waals surface area contributed by atoms with Crippen LogP contribution in [-0.2, 0) is 14.3 Å². The van der Waals surface area contributed by atoms with Gasteiger partial charge in [-0.05, 0) is 45.0 Å². The molecule has 1 heterocycles. The van der Waals surface area contributed by atoms with E-state index in [9.17, 15) is 18.3 Å². The van der Waals surface area contributed by atoms with E-state index in [2.05, 4.69) is 0 Å². The number of nitrogens with zero attached hydrogens (tertiary/aromatic N) is 1. The summed E-state index contributed by atoms with van der Waals surface area (Å²) < 4.78 is 29.9. The molecule has 0 N–H and O–H groups in total. The van der Waals surface area contributed by atoms with Crippen molar-refractivity contribution in [1.29, 1.82) is 0 Å². The highest BCUT2D eigenvalue weighted by Crippen LogP contribution is 2.36. The highest BCUT2D eigenvalue weighted by atomic mass is 35.5. The lowest BCUT2D eigenvalue weighted by molar-refractivity contribution is -0.910. The first-order chi connectivity index (χ1) is 10.9. The zero-order valence-electron chi connectivity index (χ0n) is 14.2. The molecule has 1 fully saturated rings. The van der Waals surface area contributed by atoms with Crippen LogP contribution < -0.4 is 5.11 Å². The van der Waals surface area contributed by atoms with Gasteiger partial charge in [-0.3, -0.25) is 8.67 Å². The molecule has 1 aromatic rings. The average Bonchev–Trinajstić information content (AvgIpc) is 2.77. The summed E-state index contributed by atoms with van der Waals surface area (Å²) in [6.45, 7) is 7.48. The number of rotatable bonds is 3. The van der Waals surface area contributed by atoms with Gasteiger partial charge in [0.15, 0.2) is 0 Å². The summed E-state index contributed by atoms with van der Waals surface area (Å²) in [5.74, 6) is -0.246. The van der Waals surface area contributed by atoms with Gasteiger partial charge in [0, 0.05) is 10.9 Å². The second-order valence-electron chi connectivity index (χ2n) is 7.29. The Kier molecular flexibility index (Phi) is 5.03. The van der Waals surface area contributed by atoms with Crippen LogP contribution in [0.15, 0.2) is 29.2 Å². The van der Waals surface area contributed by atoms with E-state index in [4.69, 9.17) is 15.8 Å². The molecule has 0 aromatic heterocycles. The Balaban J connectivity index is 2.28. The first-order valence-corrected chi connectivity index (χ1v) is 9.45. The molecule has 3 atom stereocenters. The Morgan fingerprint density at radius 3 is 2.21 bits per heavy atom. The standard InChI is InChI=1S/C16H22ClNO5S/c1-11-9-18(15(19)20,16(2,3)4)10-14(11)23-24(21,22)13-7-5-12(17)6-8-13/h5-8,11,14H,9-10H2,1-4H3/t11?,14-,18-/m0/s1. The number of benzene rings is 1. The fourth-order valence-electron chi connectivity index (χ4n) is 3.09. The van der Waals surface area contributed by atoms with E-state index < -0.39 is 27.9 Å². The van der Waals surface area contributed by atoms with Crippen LogP contribution in [0.4, 0.5) is 4.79 Å². The number of carbonyl (C=O) groups excluding carboxylic acids is 1. The van der Waals surface area contributed by atoms with Crippen LogP contribution >= 0.6 is 11.6 Å². The van der Waals surface area contributed by atoms with Crippen molar-refractivity contribution in [2.75, 3.05) is 13.1 Å². The maximum absolute atomic E-state index is 12.4. The van der Waals surface area contributed by atoms with Crippen LogP contribution in [0.5, 0.6) is 0 Å². The van der Waals surface area contributed by atoms with Crippen molar-refractivity contribution in [3.63, 3.8) is 0 Å². The summed E-state index contributed by atoms with van der Waals surface area (Å²) in [5, 5.41) is 12.2. The van der Waals surface area contributed by atoms with E-state index in [-0.39, 0.29) is 28.4 Å². The molecule has 0 spiro atoms. The van der Waals surface area contributed by atoms with Gasteiger partial charge < -0.3 is 9.90 Å². The smallest absolute Gasteiger partial charge is 0.297 e. The fourth-order valence-corrected chi connectivity index (χ4v) is 4.37. The third kappa shape index (κ3) is 3.44. The summed E-state index contributed by atoms with van der Waals surface area (Å²) in [6, 6.07) is 5.66. The number of carbonyl (C=O) groups is 1. The lowest BCUT2D eigenvalue weighted by atomic mass is 10.0. The van der Waals surface area contributed by atoms with Crippen molar-refractivity contribution in [1.82, 2.24) is 0 Å². The number of hydrogen-bond donors (Lipinski definition) is 0. The van der Waals surface area contributed by atoms with Crippen LogP contribution in [0.1, 0.15) is 27.7 Å². The molecule has 2 rings (SSSR count). The van der Waals surface area contributed by atoms with E-state index in [0.717, 1.165) is 0 Å². The Bertz CT molecular complexity index is 726. The van der Waals surface area contributed by atoms with Gasteiger partial charge in [0.25, 0.3) is 16.2 Å². The largest absolute Gasteiger partial charge is 0.498 e. The van der Waals surface area contributed by atoms with Crippen molar-refractivity contribution in [3.05, 3.63) is 29.3 Å². The highest BCUT2D eigenvalue weighted by Gasteiger charge is 2.53. The maximum atomic E-state index is 12.4. The minimum atomic E-state index is -4.00. The van der Waals surface area contributed by atoms with Gasteiger partial charge in [0.2, 0.25) is 0 Å². The number of quaternary nitrogens is 1. The molecular weight excluding hydrogens is 354 g/mol. The highest BCUT2D eigenvalue weighted by molar-refractivity contribution is 7.86. The van der Waals surface area contributed by atoms with Crippen LogP contribution in [0, 0.1) is 5.92 Å². The zero-order valence-corrected chi connectivity index (χ0v) is 15.7. The van der Waals surface area contributed by atoms with Gasteiger partial charge in [-0.2, -0.15) is 8.42 Å². The van der Waals surface area contributed by atoms with E-state index in [1.807, 2.05) is 0 Å². The van der Waals surface area contributed by atoms with E-state index in [1.165, 1.54) is 24.3 Å². The number of likely N-dealkylation sites (tertiary alicyclic amines) is 1. The molecule has 1 aromatic carbocycles. The molecule has 0 saturated carbocycles. The molecule has 1 aliphatic rings. The molecule has 1 amide bonds. The Hall–Kier alpha value is -1.15. The number of hydrogen-bond acceptors (Lipinski definition) is 5. The number of amides is 1. The second-order valence-corrected chi connectivity index (χ2v) is 9.30. The van der Waals surface area contributed by atoms with Crippen molar-refractivity contribution in [2.24, 2.45) is 5.92 Å². The molecular formula is C16H22ClNO5S. The van der Waals surface area contributed by atoms with E-state index in [1.54, 1.807) is 27.7 Å². The van der Waals surface area contributed by atoms with Crippen molar-refractivity contribution in [3.8, 4) is 0 Å². The summed E-state index contributed by atoms with van der Waals surface area (Å²) >= 11 is 5.77. The van der Waals surface area contributed by atoms with Gasteiger partial charge in [0.05, 0.1) is 17.0 Å². The summed E-state index contributed by atoms with van der Waals surface area (Å²) in [6.07, 6.45) is -1.95. The summed E-state index contributed by atoms with van der Waals surface area (Å²) in [4.78, 5) is 11.8. The van der Waals surface area contributed by atoms with E-state index >= 15 is 0 Å². The third-order valence-corrected chi connectivity index (χ3v) is 6.31. The molecule has 0 aliphatic carbocycles. The minimum absolute atomic E-state index is 0.00620. The van der Waals surface area contributed by atoms with E-state index in [0.29, 0.717) is 5.02 Å². The van der Waals surface area contributed by atoms with Gasteiger partial charge in [0.1, 0.15) is 12.6 Å². The van der Waals surface area contributed by atoms with Gasteiger partial charge >= 0.3 is 0 Å². The first kappa shape index (κ1) is 19.2. The fraction of sp³-hybridized carbons (Fsp3) is 0.562. The minimum Gasteiger partial charge on any atom is -0.498 e. The lowest BCUT2D eigenvalue weighted by Gasteiger charge is -2.45. The van der Waals surface area contributed by atoms with Gasteiger partial charge in [-0.15, -0.1) is 0 Å². The van der Waals surface area contributed by atoms with Gasteiger partial charge in [-0.25, -0.2) is 0 Å². The zero-order chi connectivity index (χ0) is 18.3. The van der Waals surface area contributed by atoms with Crippen molar-refractivity contribution >= 4 is 27.8 Å². The van der Waals surface area contributed by atoms with Crippen molar-refractivity contribution in [2.45, 2.75) is 44.2 Å². The second kappa shape index (κ2) is 6.29. The Morgan fingerprint density at radius 1 is 1.25 bits per heavy atom. The Morgan fingerprint density at radius 2 is 1.79 bits per heavy atom. The normalized spacial score (nSPS) is 28.0. The molecule has 1 aliphatic heterocycles. The predicted octanol–water partition coefficient (Wildman–Crippen LogP) is 2.02. The quantitative estimate of drug-likeness (QED) is 0.596. The molecule has 8 heteroatoms. The maximum Gasteiger partial charge on any atom is 0.297 e. The van der Waals surface area contributed by atoms with Crippen LogP contribution in [0.2, 0.25) is 5.02 Å². The molecule has 24 heavy (non-hydrogen) atoms. The third-order valence-electron chi connectivity index (χ3n) is 4.71. The molecule has 134 valence electrons. The molecule has 0 bridgehead atoms. The number of halogens is 1. The molecule has 0 radical (unpaired) electrons. The van der Waals surface area contributed by atoms with Crippen LogP contribution in [-0.4, -0.2) is 43.7 Å². The molecule has 1 unspecified atom stereocenters. The molecule has 1 saturated heterocycles. The summed E-state index contributed by atoms with van der Waals surface area (Å²) in [7, 11) is -4.00. The van der Waals surface area contributed by atoms with Crippen molar-refractivity contribution < 1.29 is 27.0 Å². The first-order valence-electron chi connectivity index (χ1n) is 7.67. The number of carboxylic acid groups (broad SMARTS) is 1. The predicted molar refractivity (Wildman–Crippen MR) is 87.8 cm³/mol. The van der Waals surface area contributed by atoms with Crippen LogP contribution in [0.3, 0.4) is 0 Å². The Labute approximate surface area is 147 Å². The topological polar surface area (TPSA) is 83.5 Å². The SMILES string of the molecule is CC1C[N@+](C(=O)[O-])(C(C)(C)C)C[C@@H]1OS(=O)(=O)c1ccc(Cl)cc1. The monoisotopic (exact) mass is 375 g/mol. The summed E-state index contributed by atoms with van der Waals surface area (Å²) in [5.41, 5.74) is -0.630.